The van der Waals surface area contributed by atoms with Crippen molar-refractivity contribution in [3.63, 3.8) is 0 Å². The largest absolute Gasteiger partial charge is 0.389 e. The van der Waals surface area contributed by atoms with E-state index in [1.54, 1.807) is 0 Å². The molecular weight excluding hydrogens is 214 g/mol. The van der Waals surface area contributed by atoms with Gasteiger partial charge in [-0.1, -0.05) is 13.3 Å². The highest BCUT2D eigenvalue weighted by Crippen LogP contribution is 2.52. The van der Waals surface area contributed by atoms with Crippen LogP contribution in [0.5, 0.6) is 0 Å². The van der Waals surface area contributed by atoms with E-state index in [9.17, 15) is 5.11 Å². The molecule has 1 saturated carbocycles. The predicted octanol–water partition coefficient (Wildman–Crippen LogP) is 2.07. The minimum atomic E-state index is -0.581. The van der Waals surface area contributed by atoms with Crippen LogP contribution in [0.25, 0.3) is 0 Å². The number of aliphatic hydroxyl groups is 1. The van der Waals surface area contributed by atoms with Crippen molar-refractivity contribution in [3.8, 4) is 0 Å². The minimum absolute atomic E-state index is 0.0403. The summed E-state index contributed by atoms with van der Waals surface area (Å²) in [5, 5.41) is 11.1. The lowest BCUT2D eigenvalue weighted by Gasteiger charge is -2.44. The zero-order valence-corrected chi connectivity index (χ0v) is 11.1. The minimum Gasteiger partial charge on any atom is -0.389 e. The molecule has 3 unspecified atom stereocenters. The number of hydrogen-bond donors (Lipinski definition) is 2. The average molecular weight is 241 g/mol. The molecule has 0 spiro atoms. The van der Waals surface area contributed by atoms with Gasteiger partial charge in [0.05, 0.1) is 5.60 Å². The topological polar surface area (TPSA) is 55.5 Å². The molecule has 1 saturated heterocycles. The first kappa shape index (κ1) is 13.3. The summed E-state index contributed by atoms with van der Waals surface area (Å²) < 4.78 is 5.49. The van der Waals surface area contributed by atoms with Gasteiger partial charge in [0.25, 0.3) is 0 Å². The third kappa shape index (κ3) is 2.38. The van der Waals surface area contributed by atoms with Crippen LogP contribution in [0, 0.1) is 11.3 Å². The molecule has 0 radical (unpaired) electrons. The average Bonchev–Trinajstić information content (AvgIpc) is 2.67. The van der Waals surface area contributed by atoms with E-state index in [2.05, 4.69) is 6.92 Å². The smallest absolute Gasteiger partial charge is 0.0738 e. The van der Waals surface area contributed by atoms with Gasteiger partial charge in [0.15, 0.2) is 0 Å². The van der Waals surface area contributed by atoms with Crippen LogP contribution in [0.2, 0.25) is 0 Å². The lowest BCUT2D eigenvalue weighted by molar-refractivity contribution is -0.0927. The second-order valence-corrected chi connectivity index (χ2v) is 6.00. The normalized spacial score (nSPS) is 43.6. The van der Waals surface area contributed by atoms with Gasteiger partial charge in [0, 0.05) is 31.6 Å². The quantitative estimate of drug-likeness (QED) is 0.795. The lowest BCUT2D eigenvalue weighted by Crippen LogP contribution is -2.51. The molecule has 0 aromatic heterocycles. The number of nitrogens with two attached hydrogens (primary N) is 1. The summed E-state index contributed by atoms with van der Waals surface area (Å²) in [7, 11) is 0. The molecule has 0 bridgehead atoms. The second kappa shape index (κ2) is 5.25. The highest BCUT2D eigenvalue weighted by molar-refractivity contribution is 5.04. The van der Waals surface area contributed by atoms with Crippen LogP contribution in [0.15, 0.2) is 0 Å². The van der Waals surface area contributed by atoms with E-state index in [0.717, 1.165) is 44.6 Å². The second-order valence-electron chi connectivity index (χ2n) is 6.00. The highest BCUT2D eigenvalue weighted by Gasteiger charge is 2.52. The predicted molar refractivity (Wildman–Crippen MR) is 68.7 cm³/mol. The van der Waals surface area contributed by atoms with Gasteiger partial charge in [-0.05, 0) is 38.0 Å². The Labute approximate surface area is 105 Å². The maximum Gasteiger partial charge on any atom is 0.0738 e. The standard InChI is InChI=1S/C14H27NO2/c1-2-12-4-6-13(10-12,11-15)14(16)5-3-8-17-9-7-14/h12,16H,2-11,15H2,1H3. The zero-order chi connectivity index (χ0) is 12.4. The molecule has 2 aliphatic rings. The fourth-order valence-corrected chi connectivity index (χ4v) is 3.85. The summed E-state index contributed by atoms with van der Waals surface area (Å²) in [4.78, 5) is 0. The third-order valence-corrected chi connectivity index (χ3v) is 5.20. The number of rotatable bonds is 3. The molecule has 2 rings (SSSR count). The summed E-state index contributed by atoms with van der Waals surface area (Å²) in [6, 6.07) is 0. The van der Waals surface area contributed by atoms with Crippen molar-refractivity contribution >= 4 is 0 Å². The summed E-state index contributed by atoms with van der Waals surface area (Å²) in [6.07, 6.45) is 7.25. The van der Waals surface area contributed by atoms with Gasteiger partial charge in [-0.25, -0.2) is 0 Å². The molecule has 1 heterocycles. The van der Waals surface area contributed by atoms with Crippen LogP contribution in [0.1, 0.15) is 51.9 Å². The van der Waals surface area contributed by atoms with Crippen LogP contribution in [-0.4, -0.2) is 30.5 Å². The number of hydrogen-bond acceptors (Lipinski definition) is 3. The Bertz CT molecular complexity index is 249. The van der Waals surface area contributed by atoms with Crippen LogP contribution in [-0.2, 0) is 4.74 Å². The van der Waals surface area contributed by atoms with Crippen molar-refractivity contribution in [2.75, 3.05) is 19.8 Å². The molecule has 1 aliphatic carbocycles. The van der Waals surface area contributed by atoms with Crippen molar-refractivity contribution in [1.82, 2.24) is 0 Å². The van der Waals surface area contributed by atoms with Gasteiger partial charge < -0.3 is 15.6 Å². The van der Waals surface area contributed by atoms with Crippen molar-refractivity contribution in [2.24, 2.45) is 17.1 Å². The first-order valence-electron chi connectivity index (χ1n) is 7.16. The Balaban J connectivity index is 2.15. The van der Waals surface area contributed by atoms with E-state index < -0.39 is 5.60 Å². The molecular formula is C14H27NO2. The Morgan fingerprint density at radius 2 is 2.12 bits per heavy atom. The fourth-order valence-electron chi connectivity index (χ4n) is 3.85. The van der Waals surface area contributed by atoms with E-state index in [-0.39, 0.29) is 5.41 Å². The van der Waals surface area contributed by atoms with Crippen molar-refractivity contribution in [1.29, 1.82) is 0 Å². The van der Waals surface area contributed by atoms with Gasteiger partial charge in [-0.3, -0.25) is 0 Å². The van der Waals surface area contributed by atoms with E-state index in [0.29, 0.717) is 13.2 Å². The molecule has 2 fully saturated rings. The van der Waals surface area contributed by atoms with Crippen LogP contribution in [0.3, 0.4) is 0 Å². The van der Waals surface area contributed by atoms with E-state index in [1.807, 2.05) is 0 Å². The van der Waals surface area contributed by atoms with Gasteiger partial charge in [-0.2, -0.15) is 0 Å². The molecule has 3 atom stereocenters. The molecule has 3 heteroatoms. The summed E-state index contributed by atoms with van der Waals surface area (Å²) >= 11 is 0. The SMILES string of the molecule is CCC1CCC(CN)(C2(O)CCCOCC2)C1. The molecule has 1 aliphatic heterocycles. The molecule has 0 aromatic rings. The van der Waals surface area contributed by atoms with Gasteiger partial charge in [0.2, 0.25) is 0 Å². The first-order valence-corrected chi connectivity index (χ1v) is 7.16. The maximum atomic E-state index is 11.1. The van der Waals surface area contributed by atoms with Crippen LogP contribution in [0.4, 0.5) is 0 Å². The van der Waals surface area contributed by atoms with Gasteiger partial charge >= 0.3 is 0 Å². The molecule has 3 nitrogen and oxygen atoms in total. The van der Waals surface area contributed by atoms with Crippen molar-refractivity contribution < 1.29 is 9.84 Å². The first-order chi connectivity index (χ1) is 8.16. The van der Waals surface area contributed by atoms with Gasteiger partial charge in [-0.15, -0.1) is 0 Å². The molecule has 3 N–H and O–H groups in total. The summed E-state index contributed by atoms with van der Waals surface area (Å²) in [5.74, 6) is 0.756. The fraction of sp³-hybridized carbons (Fsp3) is 1.00. The summed E-state index contributed by atoms with van der Waals surface area (Å²) in [6.45, 7) is 4.35. The monoisotopic (exact) mass is 241 g/mol. The van der Waals surface area contributed by atoms with Crippen LogP contribution >= 0.6 is 0 Å². The molecule has 100 valence electrons. The Kier molecular flexibility index (Phi) is 4.11. The number of ether oxygens (including phenoxy) is 1. The molecule has 17 heavy (non-hydrogen) atoms. The molecule has 0 amide bonds. The Morgan fingerprint density at radius 3 is 2.76 bits per heavy atom. The summed E-state index contributed by atoms with van der Waals surface area (Å²) in [5.41, 5.74) is 5.43. The zero-order valence-electron chi connectivity index (χ0n) is 11.1. The van der Waals surface area contributed by atoms with Crippen molar-refractivity contribution in [2.45, 2.75) is 57.5 Å². The van der Waals surface area contributed by atoms with Gasteiger partial charge in [0.1, 0.15) is 0 Å². The van der Waals surface area contributed by atoms with Crippen LogP contribution < -0.4 is 5.73 Å². The maximum absolute atomic E-state index is 11.1. The third-order valence-electron chi connectivity index (χ3n) is 5.20. The highest BCUT2D eigenvalue weighted by atomic mass is 16.5. The van der Waals surface area contributed by atoms with Crippen molar-refractivity contribution in [3.05, 3.63) is 0 Å². The Morgan fingerprint density at radius 1 is 1.29 bits per heavy atom. The van der Waals surface area contributed by atoms with E-state index in [1.165, 1.54) is 12.8 Å². The Hall–Kier alpha value is -0.120. The molecule has 0 aromatic carbocycles. The van der Waals surface area contributed by atoms with E-state index in [4.69, 9.17) is 10.5 Å². The lowest BCUT2D eigenvalue weighted by atomic mass is 9.66. The van der Waals surface area contributed by atoms with E-state index >= 15 is 0 Å².